The molecule has 2 N–H and O–H groups in total. The van der Waals surface area contributed by atoms with E-state index in [0.717, 1.165) is 50.7 Å². The Morgan fingerprint density at radius 1 is 0.771 bits per heavy atom. The van der Waals surface area contributed by atoms with Gasteiger partial charge in [0, 0.05) is 12.2 Å². The number of benzene rings is 5. The molecule has 1 aliphatic rings. The quantitative estimate of drug-likeness (QED) is 0.113. The van der Waals surface area contributed by atoms with E-state index in [1.165, 1.54) is 0 Å². The third kappa shape index (κ3) is 6.52. The summed E-state index contributed by atoms with van der Waals surface area (Å²) in [5.74, 6) is -0.267. The lowest BCUT2D eigenvalue weighted by Crippen LogP contribution is -2.55. The number of rotatable bonds is 4. The number of thiocarbonyl (C=S) groups is 1. The largest absolute Gasteiger partial charge is 0.416 e. The highest BCUT2D eigenvalue weighted by Gasteiger charge is 2.41. The molecule has 5 aromatic rings. The van der Waals surface area contributed by atoms with Gasteiger partial charge >= 0.3 is 12.4 Å². The first-order chi connectivity index (χ1) is 22.5. The molecule has 48 heavy (non-hydrogen) atoms. The van der Waals surface area contributed by atoms with Crippen LogP contribution in [0.15, 0.2) is 84.9 Å². The van der Waals surface area contributed by atoms with Crippen LogP contribution >= 0.6 is 12.2 Å². The molecule has 5 aromatic carbocycles. The van der Waals surface area contributed by atoms with Crippen molar-refractivity contribution in [2.24, 2.45) is 5.41 Å². The van der Waals surface area contributed by atoms with E-state index >= 15 is 0 Å². The number of carbonyl (C=O) groups excluding carboxylic acids is 1. The van der Waals surface area contributed by atoms with Crippen molar-refractivity contribution in [3.63, 3.8) is 0 Å². The first-order valence-corrected chi connectivity index (χ1v) is 15.9. The van der Waals surface area contributed by atoms with Gasteiger partial charge in [-0.05, 0) is 92.6 Å². The fraction of sp³-hybridized carbons (Fsp3) is 0.297. The van der Waals surface area contributed by atoms with Gasteiger partial charge in [-0.2, -0.15) is 26.3 Å². The Balaban J connectivity index is 1.34. The molecule has 0 aromatic heterocycles. The second-order valence-corrected chi connectivity index (χ2v) is 13.7. The van der Waals surface area contributed by atoms with Gasteiger partial charge in [-0.1, -0.05) is 81.4 Å². The number of hydrogen-bond donors (Lipinski definition) is 2. The summed E-state index contributed by atoms with van der Waals surface area (Å²) >= 11 is 5.38. The van der Waals surface area contributed by atoms with Gasteiger partial charge in [0.2, 0.25) is 5.91 Å². The summed E-state index contributed by atoms with van der Waals surface area (Å²) in [5.41, 5.74) is -3.16. The molecule has 0 radical (unpaired) electrons. The smallest absolute Gasteiger partial charge is 0.350 e. The second-order valence-electron chi connectivity index (χ2n) is 13.3. The molecule has 2 atom stereocenters. The summed E-state index contributed by atoms with van der Waals surface area (Å²) in [6.07, 6.45) is -8.56. The maximum atomic E-state index is 14.4. The molecule has 0 saturated carbocycles. The first kappa shape index (κ1) is 33.5. The molecule has 1 amide bonds. The van der Waals surface area contributed by atoms with Crippen molar-refractivity contribution < 1.29 is 31.1 Å². The molecule has 4 nitrogen and oxygen atoms in total. The molecule has 0 aliphatic carbocycles. The second kappa shape index (κ2) is 12.3. The van der Waals surface area contributed by atoms with E-state index in [9.17, 15) is 31.1 Å². The Bertz CT molecular complexity index is 2020. The number of hydrogen-bond acceptors (Lipinski definition) is 2. The number of carbonyl (C=O) groups is 1. The van der Waals surface area contributed by atoms with Crippen LogP contribution in [0.1, 0.15) is 56.3 Å². The molecule has 1 aliphatic heterocycles. The Labute approximate surface area is 279 Å². The Kier molecular flexibility index (Phi) is 8.56. The molecule has 0 unspecified atom stereocenters. The van der Waals surface area contributed by atoms with Crippen molar-refractivity contribution in [3.8, 4) is 0 Å². The topological polar surface area (TPSA) is 44.4 Å². The van der Waals surface area contributed by atoms with Gasteiger partial charge in [-0.25, -0.2) is 0 Å². The monoisotopic (exact) mass is 681 g/mol. The zero-order chi connectivity index (χ0) is 34.6. The lowest BCUT2D eigenvalue weighted by Gasteiger charge is -2.37. The predicted octanol–water partition coefficient (Wildman–Crippen LogP) is 10.2. The summed E-state index contributed by atoms with van der Waals surface area (Å²) < 4.78 is 80.8. The van der Waals surface area contributed by atoms with Crippen molar-refractivity contribution in [2.45, 2.75) is 58.0 Å². The maximum absolute atomic E-state index is 14.4. The third-order valence-corrected chi connectivity index (χ3v) is 9.15. The van der Waals surface area contributed by atoms with Gasteiger partial charge in [0.05, 0.1) is 17.2 Å². The van der Waals surface area contributed by atoms with Crippen LogP contribution in [0.25, 0.3) is 32.3 Å². The molecule has 1 saturated heterocycles. The van der Waals surface area contributed by atoms with Crippen molar-refractivity contribution in [1.29, 1.82) is 0 Å². The van der Waals surface area contributed by atoms with E-state index in [1.807, 2.05) is 49.9 Å². The number of fused-ring (bicyclic) bond motifs is 5. The standard InChI is InChI=1S/C37H33F6N3OS/c1-35(2,3)32(45-34(48)44-24-18-22(36(38,39)40)17-23(19-24)37(41,42)43)33(47)46-16-8-13-31(46)30-20-29-25-10-5-4-9-21(25)14-15-28(29)26-11-6-7-12-27(26)30/h4-7,9-12,14-15,17-20,31-32H,8,13,16H2,1-3H3,(H2,44,45,48)/t31-,32-/m1/s1. The molecular formula is C37H33F6N3OS. The van der Waals surface area contributed by atoms with E-state index < -0.39 is 40.6 Å². The van der Waals surface area contributed by atoms with E-state index in [-0.39, 0.29) is 23.1 Å². The van der Waals surface area contributed by atoms with Crippen LogP contribution in [0.2, 0.25) is 0 Å². The summed E-state index contributed by atoms with van der Waals surface area (Å²) in [6, 6.07) is 22.6. The van der Waals surface area contributed by atoms with Gasteiger partial charge in [0.15, 0.2) is 5.11 Å². The van der Waals surface area contributed by atoms with Gasteiger partial charge < -0.3 is 15.5 Å². The van der Waals surface area contributed by atoms with Crippen molar-refractivity contribution >= 4 is 61.2 Å². The lowest BCUT2D eigenvalue weighted by molar-refractivity contribution is -0.143. The lowest BCUT2D eigenvalue weighted by atomic mass is 9.85. The van der Waals surface area contributed by atoms with Crippen LogP contribution in [-0.2, 0) is 17.1 Å². The molecule has 250 valence electrons. The van der Waals surface area contributed by atoms with Gasteiger partial charge in [0.1, 0.15) is 6.04 Å². The summed E-state index contributed by atoms with van der Waals surface area (Å²) in [5, 5.41) is 11.6. The van der Waals surface area contributed by atoms with Crippen molar-refractivity contribution in [3.05, 3.63) is 102 Å². The number of likely N-dealkylation sites (tertiary alicyclic amines) is 1. The summed E-state index contributed by atoms with van der Waals surface area (Å²) in [7, 11) is 0. The third-order valence-electron chi connectivity index (χ3n) is 8.93. The average molecular weight is 682 g/mol. The average Bonchev–Trinajstić information content (AvgIpc) is 3.51. The number of nitrogens with one attached hydrogen (secondary N) is 2. The number of nitrogens with zero attached hydrogens (tertiary/aromatic N) is 1. The highest BCUT2D eigenvalue weighted by Crippen LogP contribution is 2.42. The Morgan fingerprint density at radius 3 is 1.98 bits per heavy atom. The fourth-order valence-electron chi connectivity index (χ4n) is 6.66. The Hall–Kier alpha value is -4.38. The molecule has 1 heterocycles. The minimum Gasteiger partial charge on any atom is -0.350 e. The number of amides is 1. The SMILES string of the molecule is CC(C)(C)[C@H](NC(=S)Nc1cc(C(F)(F)F)cc(C(F)(F)F)c1)C(=O)N1CCC[C@@H]1c1cc2c3ccccc3ccc2c2ccccc12. The van der Waals surface area contributed by atoms with Crippen molar-refractivity contribution in [1.82, 2.24) is 10.2 Å². The van der Waals surface area contributed by atoms with Gasteiger partial charge in [-0.15, -0.1) is 0 Å². The molecule has 1 fully saturated rings. The van der Waals surface area contributed by atoms with Crippen LogP contribution in [0.5, 0.6) is 0 Å². The summed E-state index contributed by atoms with van der Waals surface area (Å²) in [6.45, 7) is 5.93. The highest BCUT2D eigenvalue weighted by molar-refractivity contribution is 7.80. The van der Waals surface area contributed by atoms with E-state index in [0.29, 0.717) is 18.7 Å². The highest BCUT2D eigenvalue weighted by atomic mass is 32.1. The fourth-order valence-corrected chi connectivity index (χ4v) is 6.89. The number of halogens is 6. The molecule has 11 heteroatoms. The van der Waals surface area contributed by atoms with E-state index in [4.69, 9.17) is 12.2 Å². The molecule has 6 rings (SSSR count). The maximum Gasteiger partial charge on any atom is 0.416 e. The van der Waals surface area contributed by atoms with Crippen LogP contribution in [0.3, 0.4) is 0 Å². The number of alkyl halides is 6. The van der Waals surface area contributed by atoms with E-state index in [2.05, 4.69) is 53.1 Å². The van der Waals surface area contributed by atoms with Crippen LogP contribution in [0, 0.1) is 5.41 Å². The molecular weight excluding hydrogens is 648 g/mol. The predicted molar refractivity (Wildman–Crippen MR) is 182 cm³/mol. The van der Waals surface area contributed by atoms with Crippen LogP contribution in [0.4, 0.5) is 32.0 Å². The molecule has 0 bridgehead atoms. The zero-order valence-corrected chi connectivity index (χ0v) is 27.2. The Morgan fingerprint density at radius 2 is 1.35 bits per heavy atom. The minimum absolute atomic E-state index is 0.0515. The van der Waals surface area contributed by atoms with E-state index in [1.54, 1.807) is 0 Å². The van der Waals surface area contributed by atoms with Crippen molar-refractivity contribution in [2.75, 3.05) is 11.9 Å². The van der Waals surface area contributed by atoms with Gasteiger partial charge in [0.25, 0.3) is 0 Å². The van der Waals surface area contributed by atoms with Crippen LogP contribution < -0.4 is 10.6 Å². The zero-order valence-electron chi connectivity index (χ0n) is 26.4. The molecule has 0 spiro atoms. The number of anilines is 1. The minimum atomic E-state index is -5.01. The first-order valence-electron chi connectivity index (χ1n) is 15.5. The summed E-state index contributed by atoms with van der Waals surface area (Å²) in [4.78, 5) is 16.2. The van der Waals surface area contributed by atoms with Gasteiger partial charge in [-0.3, -0.25) is 4.79 Å². The normalized spacial score (nSPS) is 16.4. The van der Waals surface area contributed by atoms with Crippen LogP contribution in [-0.4, -0.2) is 28.5 Å².